The van der Waals surface area contributed by atoms with Gasteiger partial charge in [-0.3, -0.25) is 10.1 Å². The molecule has 2 amide bonds. The van der Waals surface area contributed by atoms with Gasteiger partial charge in [0, 0.05) is 37.0 Å². The number of rotatable bonds is 9. The number of aliphatic carboxylic acids is 1. The number of fused-ring (bicyclic) bond motifs is 1. The van der Waals surface area contributed by atoms with Gasteiger partial charge in [0.2, 0.25) is 0 Å². The fraction of sp³-hybridized carbons (Fsp3) is 0.394. The number of aromatic nitrogens is 1. The van der Waals surface area contributed by atoms with E-state index in [1.807, 2.05) is 33.0 Å². The first kappa shape index (κ1) is 31.9. The van der Waals surface area contributed by atoms with Crippen LogP contribution in [0.2, 0.25) is 0 Å². The Hall–Kier alpha value is -4.05. The lowest BCUT2D eigenvalue weighted by Gasteiger charge is -2.39. The Morgan fingerprint density at radius 3 is 2.44 bits per heavy atom. The fourth-order valence-corrected chi connectivity index (χ4v) is 6.16. The highest BCUT2D eigenvalue weighted by atomic mass is 32.1. The van der Waals surface area contributed by atoms with Gasteiger partial charge in [0.05, 0.1) is 15.6 Å². The Morgan fingerprint density at radius 2 is 1.84 bits per heavy atom. The number of benzene rings is 2. The molecule has 2 aromatic carbocycles. The van der Waals surface area contributed by atoms with Crippen molar-refractivity contribution in [2.24, 2.45) is 10.4 Å². The van der Waals surface area contributed by atoms with Crippen molar-refractivity contribution < 1.29 is 19.1 Å². The quantitative estimate of drug-likeness (QED) is 0.130. The van der Waals surface area contributed by atoms with Crippen LogP contribution in [0.3, 0.4) is 0 Å². The van der Waals surface area contributed by atoms with Gasteiger partial charge in [-0.05, 0) is 81.8 Å². The summed E-state index contributed by atoms with van der Waals surface area (Å²) in [5.41, 5.74) is 4.71. The first-order valence-electron chi connectivity index (χ1n) is 14.7. The predicted octanol–water partition coefficient (Wildman–Crippen LogP) is 7.94. The maximum atomic E-state index is 13.8. The summed E-state index contributed by atoms with van der Waals surface area (Å²) in [5.74, 6) is -0.203. The average molecular weight is 606 g/mol. The van der Waals surface area contributed by atoms with E-state index in [1.54, 1.807) is 12.1 Å². The number of carboxylic acid groups (broad SMARTS) is 1. The molecule has 3 aromatic rings. The number of anilines is 1. The molecule has 0 atom stereocenters. The van der Waals surface area contributed by atoms with Gasteiger partial charge in [0.15, 0.2) is 5.13 Å². The van der Waals surface area contributed by atoms with E-state index >= 15 is 0 Å². The van der Waals surface area contributed by atoms with E-state index in [0.29, 0.717) is 49.5 Å². The van der Waals surface area contributed by atoms with Crippen molar-refractivity contribution in [3.8, 4) is 11.1 Å². The molecule has 43 heavy (non-hydrogen) atoms. The van der Waals surface area contributed by atoms with Crippen molar-refractivity contribution in [1.82, 2.24) is 15.2 Å². The summed E-state index contributed by atoms with van der Waals surface area (Å²) in [5, 5.41) is 15.8. The third-order valence-electron chi connectivity index (χ3n) is 8.20. The van der Waals surface area contributed by atoms with Gasteiger partial charge in [-0.25, -0.2) is 19.2 Å². The number of hydrogen-bond donors (Lipinski definition) is 3. The van der Waals surface area contributed by atoms with Crippen LogP contribution in [0.5, 0.6) is 0 Å². The molecule has 1 saturated heterocycles. The van der Waals surface area contributed by atoms with Crippen LogP contribution in [0.15, 0.2) is 59.2 Å². The number of halogens is 1. The SMILES string of the molecule is CCNC(=O)Nc1nc2cc(/C(C=C(C)CC)=C/N=C(C)N3CCC(CC)(C(=O)O)CC3)cc(-c3ccc(F)cc3)c2s1. The first-order chi connectivity index (χ1) is 20.6. The number of likely N-dealkylation sites (tertiary alicyclic amines) is 1. The molecule has 0 bridgehead atoms. The third kappa shape index (κ3) is 7.48. The maximum absolute atomic E-state index is 13.8. The largest absolute Gasteiger partial charge is 0.481 e. The molecule has 0 aliphatic carbocycles. The van der Waals surface area contributed by atoms with Crippen LogP contribution in [0, 0.1) is 11.2 Å². The number of hydrogen-bond acceptors (Lipinski definition) is 5. The number of thiazole rings is 1. The van der Waals surface area contributed by atoms with E-state index in [4.69, 9.17) is 9.98 Å². The van der Waals surface area contributed by atoms with E-state index < -0.39 is 11.4 Å². The molecule has 228 valence electrons. The summed E-state index contributed by atoms with van der Waals surface area (Å²) >= 11 is 1.37. The molecule has 0 unspecified atom stereocenters. The van der Waals surface area contributed by atoms with Crippen LogP contribution < -0.4 is 10.6 Å². The number of nitrogens with one attached hydrogen (secondary N) is 2. The van der Waals surface area contributed by atoms with Crippen LogP contribution in [0.25, 0.3) is 26.9 Å². The normalized spacial score (nSPS) is 16.0. The molecule has 0 saturated carbocycles. The van der Waals surface area contributed by atoms with Crippen molar-refractivity contribution in [2.75, 3.05) is 25.0 Å². The molecule has 3 N–H and O–H groups in total. The monoisotopic (exact) mass is 605 g/mol. The minimum Gasteiger partial charge on any atom is -0.481 e. The van der Waals surface area contributed by atoms with Crippen LogP contribution in [0.1, 0.15) is 65.9 Å². The van der Waals surface area contributed by atoms with E-state index in [2.05, 4.69) is 41.5 Å². The van der Waals surface area contributed by atoms with Gasteiger partial charge in [-0.2, -0.15) is 0 Å². The molecule has 8 nitrogen and oxygen atoms in total. The van der Waals surface area contributed by atoms with Crippen molar-refractivity contribution in [2.45, 2.75) is 60.3 Å². The second kappa shape index (κ2) is 13.9. The molecular weight excluding hydrogens is 565 g/mol. The zero-order valence-corrected chi connectivity index (χ0v) is 26.3. The lowest BCUT2D eigenvalue weighted by molar-refractivity contribution is -0.151. The number of carbonyl (C=O) groups excluding carboxylic acids is 1. The van der Waals surface area contributed by atoms with Gasteiger partial charge < -0.3 is 15.3 Å². The minimum absolute atomic E-state index is 0.316. The summed E-state index contributed by atoms with van der Waals surface area (Å²) in [6.07, 6.45) is 6.62. The van der Waals surface area contributed by atoms with Crippen molar-refractivity contribution >= 4 is 50.1 Å². The molecule has 1 fully saturated rings. The zero-order valence-electron chi connectivity index (χ0n) is 25.5. The molecule has 10 heteroatoms. The second-order valence-electron chi connectivity index (χ2n) is 10.9. The number of piperidine rings is 1. The number of amides is 2. The van der Waals surface area contributed by atoms with E-state index in [0.717, 1.165) is 39.2 Å². The topological polar surface area (TPSA) is 107 Å². The molecule has 0 radical (unpaired) electrons. The summed E-state index contributed by atoms with van der Waals surface area (Å²) < 4.78 is 14.7. The Morgan fingerprint density at radius 1 is 1.14 bits per heavy atom. The molecule has 0 spiro atoms. The molecule has 1 aliphatic heterocycles. The molecule has 1 aromatic heterocycles. The fourth-order valence-electron chi connectivity index (χ4n) is 5.18. The van der Waals surface area contributed by atoms with Crippen LogP contribution in [-0.4, -0.2) is 52.5 Å². The van der Waals surface area contributed by atoms with Gasteiger partial charge in [-0.15, -0.1) is 0 Å². The molecule has 1 aliphatic rings. The number of amidine groups is 1. The van der Waals surface area contributed by atoms with Gasteiger partial charge in [-0.1, -0.05) is 49.0 Å². The summed E-state index contributed by atoms with van der Waals surface area (Å²) in [4.78, 5) is 35.8. The van der Waals surface area contributed by atoms with Crippen molar-refractivity contribution in [3.05, 3.63) is 65.6 Å². The van der Waals surface area contributed by atoms with E-state index in [1.165, 1.54) is 29.0 Å². The average Bonchev–Trinajstić information content (AvgIpc) is 3.41. The molecule has 2 heterocycles. The number of nitrogens with zero attached hydrogens (tertiary/aromatic N) is 3. The van der Waals surface area contributed by atoms with Crippen molar-refractivity contribution in [3.63, 3.8) is 0 Å². The first-order valence-corrected chi connectivity index (χ1v) is 15.6. The number of aliphatic imine (C=N–C) groups is 1. The Kier molecular flexibility index (Phi) is 10.3. The lowest BCUT2D eigenvalue weighted by atomic mass is 9.76. The summed E-state index contributed by atoms with van der Waals surface area (Å²) in [6, 6.07) is 10.1. The lowest BCUT2D eigenvalue weighted by Crippen LogP contribution is -2.45. The van der Waals surface area contributed by atoms with Crippen LogP contribution >= 0.6 is 11.3 Å². The Labute approximate surface area is 256 Å². The van der Waals surface area contributed by atoms with Crippen molar-refractivity contribution in [1.29, 1.82) is 0 Å². The highest BCUT2D eigenvalue weighted by molar-refractivity contribution is 7.22. The Bertz CT molecular complexity index is 1570. The van der Waals surface area contributed by atoms with Gasteiger partial charge >= 0.3 is 12.0 Å². The third-order valence-corrected chi connectivity index (χ3v) is 9.21. The second-order valence-corrected chi connectivity index (χ2v) is 11.9. The maximum Gasteiger partial charge on any atom is 0.321 e. The minimum atomic E-state index is -0.717. The van der Waals surface area contributed by atoms with Crippen LogP contribution in [-0.2, 0) is 4.79 Å². The van der Waals surface area contributed by atoms with E-state index in [-0.39, 0.29) is 11.8 Å². The zero-order chi connectivity index (χ0) is 31.1. The highest BCUT2D eigenvalue weighted by Gasteiger charge is 2.40. The highest BCUT2D eigenvalue weighted by Crippen LogP contribution is 2.39. The smallest absolute Gasteiger partial charge is 0.321 e. The molecule has 4 rings (SSSR count). The Balaban J connectivity index is 1.77. The number of carboxylic acids is 1. The van der Waals surface area contributed by atoms with Gasteiger partial charge in [0.25, 0.3) is 0 Å². The summed E-state index contributed by atoms with van der Waals surface area (Å²) in [7, 11) is 0. The van der Waals surface area contributed by atoms with Gasteiger partial charge in [0.1, 0.15) is 11.7 Å². The number of urea groups is 1. The molecular formula is C33H40FN5O3S. The van der Waals surface area contributed by atoms with Crippen LogP contribution in [0.4, 0.5) is 14.3 Å². The van der Waals surface area contributed by atoms with E-state index in [9.17, 15) is 19.1 Å². The number of carbonyl (C=O) groups is 2. The summed E-state index contributed by atoms with van der Waals surface area (Å²) in [6.45, 7) is 11.7. The predicted molar refractivity (Wildman–Crippen MR) is 174 cm³/mol. The standard InChI is InChI=1S/C33H40FN5O3S/c1-6-21(4)17-25(20-36-22(5)39-15-13-33(7-2,14-16-39)30(40)41)24-18-27(23-9-11-26(34)12-10-23)29-28(19-24)37-32(43-29)38-31(42)35-8-3/h9-12,17-20H,6-8,13-16H2,1-5H3,(H,40,41)(H2,35,37,38,42)/b21-17?,25-20+,36-22?. The number of allylic oxidation sites excluding steroid dienone is 3.